The molecule has 1 heteroatoms. The molecule has 1 saturated heterocycles. The standard InChI is InChI=1S/C26H41N/c1-7-17-14-22-21-15-19(25(2,3)4)12-13-20(21)23(24(22)27-16-17)26(5,6)18-10-8-9-11-18/h12-13,15,17-18,22-24,27H,7-11,14,16H2,1-6H3. The molecule has 0 spiro atoms. The van der Waals surface area contributed by atoms with Gasteiger partial charge < -0.3 is 5.32 Å². The molecule has 0 bridgehead atoms. The van der Waals surface area contributed by atoms with Crippen molar-refractivity contribution in [3.8, 4) is 0 Å². The first-order chi connectivity index (χ1) is 12.7. The summed E-state index contributed by atoms with van der Waals surface area (Å²) < 4.78 is 0. The van der Waals surface area contributed by atoms with E-state index < -0.39 is 0 Å². The van der Waals surface area contributed by atoms with Gasteiger partial charge in [0.15, 0.2) is 0 Å². The normalized spacial score (nSPS) is 31.8. The van der Waals surface area contributed by atoms with Gasteiger partial charge in [0.25, 0.3) is 0 Å². The highest BCUT2D eigenvalue weighted by Crippen LogP contribution is 2.58. The Kier molecular flexibility index (Phi) is 4.98. The molecule has 4 unspecified atom stereocenters. The van der Waals surface area contributed by atoms with Crippen molar-refractivity contribution in [1.82, 2.24) is 5.32 Å². The first-order valence-electron chi connectivity index (χ1n) is 11.6. The molecule has 1 aliphatic heterocycles. The van der Waals surface area contributed by atoms with Crippen molar-refractivity contribution in [1.29, 1.82) is 0 Å². The zero-order valence-electron chi connectivity index (χ0n) is 18.6. The average molecular weight is 368 g/mol. The minimum absolute atomic E-state index is 0.232. The number of rotatable bonds is 3. The van der Waals surface area contributed by atoms with Crippen LogP contribution in [0.15, 0.2) is 18.2 Å². The fraction of sp³-hybridized carbons (Fsp3) is 0.769. The van der Waals surface area contributed by atoms with E-state index in [1.165, 1.54) is 50.6 Å². The molecule has 1 saturated carbocycles. The summed E-state index contributed by atoms with van der Waals surface area (Å²) in [5.41, 5.74) is 5.50. The lowest BCUT2D eigenvalue weighted by Gasteiger charge is -2.44. The van der Waals surface area contributed by atoms with Gasteiger partial charge in [-0.25, -0.2) is 0 Å². The van der Waals surface area contributed by atoms with Gasteiger partial charge in [-0.3, -0.25) is 0 Å². The number of fused-ring (bicyclic) bond motifs is 3. The van der Waals surface area contributed by atoms with Gasteiger partial charge in [0, 0.05) is 17.9 Å². The quantitative estimate of drug-likeness (QED) is 0.621. The van der Waals surface area contributed by atoms with Gasteiger partial charge in [-0.05, 0) is 65.2 Å². The fourth-order valence-corrected chi connectivity index (χ4v) is 6.64. The van der Waals surface area contributed by atoms with Crippen molar-refractivity contribution in [2.24, 2.45) is 17.3 Å². The maximum atomic E-state index is 4.07. The summed E-state index contributed by atoms with van der Waals surface area (Å²) >= 11 is 0. The molecule has 150 valence electrons. The van der Waals surface area contributed by atoms with E-state index in [1.807, 2.05) is 0 Å². The highest BCUT2D eigenvalue weighted by molar-refractivity contribution is 5.47. The lowest BCUT2D eigenvalue weighted by Crippen LogP contribution is -2.48. The summed E-state index contributed by atoms with van der Waals surface area (Å²) in [6.45, 7) is 15.8. The van der Waals surface area contributed by atoms with Gasteiger partial charge in [-0.1, -0.05) is 79.0 Å². The predicted octanol–water partition coefficient (Wildman–Crippen LogP) is 6.77. The summed E-state index contributed by atoms with van der Waals surface area (Å²) in [4.78, 5) is 0. The van der Waals surface area contributed by atoms with Crippen LogP contribution in [-0.2, 0) is 5.41 Å². The van der Waals surface area contributed by atoms with Crippen molar-refractivity contribution in [3.63, 3.8) is 0 Å². The van der Waals surface area contributed by atoms with Crippen LogP contribution in [0.5, 0.6) is 0 Å². The van der Waals surface area contributed by atoms with Crippen molar-refractivity contribution >= 4 is 0 Å². The van der Waals surface area contributed by atoms with Crippen molar-refractivity contribution in [2.75, 3.05) is 6.54 Å². The van der Waals surface area contributed by atoms with Crippen LogP contribution < -0.4 is 5.32 Å². The zero-order valence-corrected chi connectivity index (χ0v) is 18.6. The molecule has 0 radical (unpaired) electrons. The van der Waals surface area contributed by atoms with Gasteiger partial charge in [-0.2, -0.15) is 0 Å². The number of hydrogen-bond donors (Lipinski definition) is 1. The number of nitrogens with one attached hydrogen (secondary N) is 1. The molecule has 0 aromatic heterocycles. The summed E-state index contributed by atoms with van der Waals surface area (Å²) in [5, 5.41) is 4.07. The molecular formula is C26H41N. The Morgan fingerprint density at radius 1 is 1.00 bits per heavy atom. The molecule has 1 heterocycles. The second-order valence-electron chi connectivity index (χ2n) is 11.4. The van der Waals surface area contributed by atoms with Crippen LogP contribution in [0.1, 0.15) is 109 Å². The Balaban J connectivity index is 1.77. The second-order valence-corrected chi connectivity index (χ2v) is 11.4. The van der Waals surface area contributed by atoms with Gasteiger partial charge in [0.05, 0.1) is 0 Å². The van der Waals surface area contributed by atoms with Crippen LogP contribution in [0.2, 0.25) is 0 Å². The summed E-state index contributed by atoms with van der Waals surface area (Å²) in [7, 11) is 0. The van der Waals surface area contributed by atoms with Gasteiger partial charge in [0.1, 0.15) is 0 Å². The third-order valence-corrected chi connectivity index (χ3v) is 8.50. The van der Waals surface area contributed by atoms with Gasteiger partial charge >= 0.3 is 0 Å². The number of benzene rings is 1. The number of piperidine rings is 1. The molecule has 27 heavy (non-hydrogen) atoms. The Hall–Kier alpha value is -0.820. The maximum Gasteiger partial charge on any atom is 0.0210 e. The van der Waals surface area contributed by atoms with Crippen LogP contribution in [-0.4, -0.2) is 12.6 Å². The largest absolute Gasteiger partial charge is 0.312 e. The highest BCUT2D eigenvalue weighted by atomic mass is 15.0. The minimum atomic E-state index is 0.232. The van der Waals surface area contributed by atoms with Gasteiger partial charge in [0.2, 0.25) is 0 Å². The van der Waals surface area contributed by atoms with Crippen LogP contribution in [0.4, 0.5) is 0 Å². The Morgan fingerprint density at radius 3 is 2.33 bits per heavy atom. The molecule has 0 amide bonds. The summed E-state index contributed by atoms with van der Waals surface area (Å²) in [5.74, 6) is 3.12. The first kappa shape index (κ1) is 19.5. The first-order valence-corrected chi connectivity index (χ1v) is 11.6. The maximum absolute atomic E-state index is 4.07. The number of hydrogen-bond acceptors (Lipinski definition) is 1. The van der Waals surface area contributed by atoms with E-state index in [9.17, 15) is 0 Å². The lowest BCUT2D eigenvalue weighted by atomic mass is 9.64. The van der Waals surface area contributed by atoms with Gasteiger partial charge in [-0.15, -0.1) is 0 Å². The molecule has 1 N–H and O–H groups in total. The summed E-state index contributed by atoms with van der Waals surface area (Å²) in [6.07, 6.45) is 8.45. The van der Waals surface area contributed by atoms with Crippen molar-refractivity contribution in [2.45, 2.75) is 103 Å². The Morgan fingerprint density at radius 2 is 1.70 bits per heavy atom. The van der Waals surface area contributed by atoms with E-state index in [0.717, 1.165) is 11.8 Å². The van der Waals surface area contributed by atoms with Crippen molar-refractivity contribution in [3.05, 3.63) is 34.9 Å². The van der Waals surface area contributed by atoms with Crippen LogP contribution >= 0.6 is 0 Å². The minimum Gasteiger partial charge on any atom is -0.312 e. The SMILES string of the molecule is CCC1CNC2C(C1)c1cc(C(C)(C)C)ccc1C2C(C)(C)C1CCCC1. The molecule has 1 aromatic carbocycles. The smallest absolute Gasteiger partial charge is 0.0210 e. The fourth-order valence-electron chi connectivity index (χ4n) is 6.64. The molecule has 2 fully saturated rings. The molecule has 1 aromatic rings. The topological polar surface area (TPSA) is 12.0 Å². The molecule has 1 nitrogen and oxygen atoms in total. The lowest BCUT2D eigenvalue weighted by molar-refractivity contribution is 0.121. The monoisotopic (exact) mass is 367 g/mol. The van der Waals surface area contributed by atoms with E-state index in [2.05, 4.69) is 65.1 Å². The second kappa shape index (κ2) is 6.90. The third kappa shape index (κ3) is 3.28. The van der Waals surface area contributed by atoms with E-state index >= 15 is 0 Å². The molecular weight excluding hydrogens is 326 g/mol. The van der Waals surface area contributed by atoms with E-state index in [-0.39, 0.29) is 5.41 Å². The van der Waals surface area contributed by atoms with E-state index in [1.54, 1.807) is 11.1 Å². The highest BCUT2D eigenvalue weighted by Gasteiger charge is 2.52. The van der Waals surface area contributed by atoms with E-state index in [0.29, 0.717) is 23.3 Å². The van der Waals surface area contributed by atoms with Crippen LogP contribution in [0.25, 0.3) is 0 Å². The molecule has 4 rings (SSSR count). The molecule has 4 atom stereocenters. The Bertz CT molecular complexity index is 674. The Labute approximate surface area is 167 Å². The van der Waals surface area contributed by atoms with Crippen molar-refractivity contribution < 1.29 is 0 Å². The average Bonchev–Trinajstić information content (AvgIpc) is 3.26. The predicted molar refractivity (Wildman–Crippen MR) is 117 cm³/mol. The van der Waals surface area contributed by atoms with E-state index in [4.69, 9.17) is 0 Å². The summed E-state index contributed by atoms with van der Waals surface area (Å²) in [6, 6.07) is 8.20. The van der Waals surface area contributed by atoms with Crippen LogP contribution in [0.3, 0.4) is 0 Å². The molecule has 3 aliphatic rings. The third-order valence-electron chi connectivity index (χ3n) is 8.50. The van der Waals surface area contributed by atoms with Crippen LogP contribution in [0, 0.1) is 17.3 Å². The zero-order chi connectivity index (χ0) is 19.4. The molecule has 2 aliphatic carbocycles.